The van der Waals surface area contributed by atoms with E-state index < -0.39 is 0 Å². The van der Waals surface area contributed by atoms with Gasteiger partial charge in [-0.15, -0.1) is 0 Å². The van der Waals surface area contributed by atoms with Gasteiger partial charge in [-0.2, -0.15) is 4.98 Å². The van der Waals surface area contributed by atoms with Gasteiger partial charge < -0.3 is 19.3 Å². The first kappa shape index (κ1) is 21.1. The van der Waals surface area contributed by atoms with Crippen molar-refractivity contribution in [3.63, 3.8) is 0 Å². The fourth-order valence-electron chi connectivity index (χ4n) is 3.29. The van der Waals surface area contributed by atoms with E-state index in [2.05, 4.69) is 15.5 Å². The summed E-state index contributed by atoms with van der Waals surface area (Å²) >= 11 is 0. The van der Waals surface area contributed by atoms with Crippen LogP contribution in [0, 0.1) is 0 Å². The molecule has 1 heterocycles. The van der Waals surface area contributed by atoms with E-state index in [1.54, 1.807) is 14.2 Å². The lowest BCUT2D eigenvalue weighted by atomic mass is 10.0. The standard InChI is InChI=1S/C25H23N3O4/c1-30-20-11-8-17(9-12-20)21-16-19(10-13-22(21)31-2)26-23(29)14-15-24-27-25(28-32-24)18-6-4-3-5-7-18/h3-13,16H,14-15H2,1-2H3,(H,26,29). The van der Waals surface area contributed by atoms with Crippen molar-refractivity contribution in [3.8, 4) is 34.0 Å². The van der Waals surface area contributed by atoms with E-state index in [0.29, 0.717) is 29.6 Å². The lowest BCUT2D eigenvalue weighted by Crippen LogP contribution is -2.12. The average Bonchev–Trinajstić information content (AvgIpc) is 3.32. The number of rotatable bonds is 8. The molecule has 1 N–H and O–H groups in total. The van der Waals surface area contributed by atoms with E-state index in [4.69, 9.17) is 14.0 Å². The van der Waals surface area contributed by atoms with Crippen LogP contribution in [-0.4, -0.2) is 30.3 Å². The Hall–Kier alpha value is -4.13. The highest BCUT2D eigenvalue weighted by atomic mass is 16.5. The Kier molecular flexibility index (Phi) is 6.46. The van der Waals surface area contributed by atoms with Gasteiger partial charge in [-0.3, -0.25) is 4.79 Å². The Balaban J connectivity index is 1.41. The minimum absolute atomic E-state index is 0.143. The monoisotopic (exact) mass is 429 g/mol. The molecule has 0 aliphatic carbocycles. The molecule has 32 heavy (non-hydrogen) atoms. The fourth-order valence-corrected chi connectivity index (χ4v) is 3.29. The molecule has 0 spiro atoms. The van der Waals surface area contributed by atoms with Crippen molar-refractivity contribution < 1.29 is 18.8 Å². The predicted octanol–water partition coefficient (Wildman–Crippen LogP) is 4.99. The zero-order chi connectivity index (χ0) is 22.3. The van der Waals surface area contributed by atoms with Crippen LogP contribution in [0.3, 0.4) is 0 Å². The summed E-state index contributed by atoms with van der Waals surface area (Å²) in [7, 11) is 3.25. The minimum Gasteiger partial charge on any atom is -0.497 e. The molecule has 4 aromatic rings. The molecule has 3 aromatic carbocycles. The normalized spacial score (nSPS) is 10.6. The van der Waals surface area contributed by atoms with Crippen LogP contribution in [0.25, 0.3) is 22.5 Å². The second-order valence-electron chi connectivity index (χ2n) is 7.07. The third-order valence-electron chi connectivity index (χ3n) is 4.95. The van der Waals surface area contributed by atoms with Gasteiger partial charge in [-0.25, -0.2) is 0 Å². The summed E-state index contributed by atoms with van der Waals surface area (Å²) in [6, 6.07) is 22.8. The topological polar surface area (TPSA) is 86.5 Å². The van der Waals surface area contributed by atoms with Crippen LogP contribution >= 0.6 is 0 Å². The van der Waals surface area contributed by atoms with Crippen molar-refractivity contribution in [2.24, 2.45) is 0 Å². The van der Waals surface area contributed by atoms with Crippen molar-refractivity contribution >= 4 is 11.6 Å². The number of hydrogen-bond donors (Lipinski definition) is 1. The molecular weight excluding hydrogens is 406 g/mol. The highest BCUT2D eigenvalue weighted by Crippen LogP contribution is 2.33. The van der Waals surface area contributed by atoms with Crippen LogP contribution in [0.2, 0.25) is 0 Å². The third-order valence-corrected chi connectivity index (χ3v) is 4.95. The largest absolute Gasteiger partial charge is 0.497 e. The molecule has 0 aliphatic heterocycles. The van der Waals surface area contributed by atoms with Gasteiger partial charge in [0.05, 0.1) is 14.2 Å². The number of ether oxygens (including phenoxy) is 2. The van der Waals surface area contributed by atoms with E-state index >= 15 is 0 Å². The zero-order valence-corrected chi connectivity index (χ0v) is 17.9. The van der Waals surface area contributed by atoms with E-state index in [1.165, 1.54) is 0 Å². The molecule has 4 rings (SSSR count). The smallest absolute Gasteiger partial charge is 0.227 e. The van der Waals surface area contributed by atoms with Crippen molar-refractivity contribution in [1.82, 2.24) is 10.1 Å². The van der Waals surface area contributed by atoms with E-state index in [0.717, 1.165) is 22.4 Å². The Morgan fingerprint density at radius 1 is 0.938 bits per heavy atom. The van der Waals surface area contributed by atoms with Crippen LogP contribution in [0.4, 0.5) is 5.69 Å². The van der Waals surface area contributed by atoms with Crippen molar-refractivity contribution in [3.05, 3.63) is 78.7 Å². The first-order valence-corrected chi connectivity index (χ1v) is 10.2. The molecule has 0 atom stereocenters. The van der Waals surface area contributed by atoms with E-state index in [9.17, 15) is 4.79 Å². The molecule has 0 radical (unpaired) electrons. The number of methoxy groups -OCH3 is 2. The molecular formula is C25H23N3O4. The molecule has 0 saturated heterocycles. The summed E-state index contributed by atoms with van der Waals surface area (Å²) < 4.78 is 16.0. The lowest BCUT2D eigenvalue weighted by molar-refractivity contribution is -0.116. The van der Waals surface area contributed by atoms with Gasteiger partial charge >= 0.3 is 0 Å². The molecule has 0 aliphatic rings. The number of amides is 1. The molecule has 7 heteroatoms. The molecule has 1 aromatic heterocycles. The Labute approximate surface area is 186 Å². The van der Waals surface area contributed by atoms with Crippen LogP contribution in [0.5, 0.6) is 11.5 Å². The first-order valence-electron chi connectivity index (χ1n) is 10.2. The van der Waals surface area contributed by atoms with Crippen molar-refractivity contribution in [1.29, 1.82) is 0 Å². The number of carbonyl (C=O) groups is 1. The average molecular weight is 429 g/mol. The van der Waals surface area contributed by atoms with Crippen molar-refractivity contribution in [2.45, 2.75) is 12.8 Å². The second-order valence-corrected chi connectivity index (χ2v) is 7.07. The summed E-state index contributed by atoms with van der Waals surface area (Å²) in [5, 5.41) is 6.91. The third kappa shape index (κ3) is 4.95. The van der Waals surface area contributed by atoms with Gasteiger partial charge in [-0.1, -0.05) is 47.6 Å². The summed E-state index contributed by atoms with van der Waals surface area (Å²) in [5.74, 6) is 2.28. The van der Waals surface area contributed by atoms with Gasteiger partial charge in [0.1, 0.15) is 11.5 Å². The quantitative estimate of drug-likeness (QED) is 0.425. The van der Waals surface area contributed by atoms with Crippen LogP contribution < -0.4 is 14.8 Å². The zero-order valence-electron chi connectivity index (χ0n) is 17.9. The predicted molar refractivity (Wildman–Crippen MR) is 122 cm³/mol. The van der Waals surface area contributed by atoms with Gasteiger partial charge in [0.15, 0.2) is 0 Å². The van der Waals surface area contributed by atoms with Crippen LogP contribution in [0.1, 0.15) is 12.3 Å². The van der Waals surface area contributed by atoms with Gasteiger partial charge in [-0.05, 0) is 35.9 Å². The number of anilines is 1. The molecule has 0 bridgehead atoms. The Morgan fingerprint density at radius 2 is 1.72 bits per heavy atom. The molecule has 0 fully saturated rings. The van der Waals surface area contributed by atoms with E-state index in [1.807, 2.05) is 72.8 Å². The molecule has 7 nitrogen and oxygen atoms in total. The Morgan fingerprint density at radius 3 is 2.44 bits per heavy atom. The number of aryl methyl sites for hydroxylation is 1. The molecule has 162 valence electrons. The number of nitrogens with zero attached hydrogens (tertiary/aromatic N) is 2. The van der Waals surface area contributed by atoms with E-state index in [-0.39, 0.29) is 12.3 Å². The lowest BCUT2D eigenvalue weighted by Gasteiger charge is -2.12. The second kappa shape index (κ2) is 9.78. The number of hydrogen-bond acceptors (Lipinski definition) is 6. The van der Waals surface area contributed by atoms with Crippen molar-refractivity contribution in [2.75, 3.05) is 19.5 Å². The van der Waals surface area contributed by atoms with Gasteiger partial charge in [0.2, 0.25) is 17.6 Å². The van der Waals surface area contributed by atoms with Crippen LogP contribution in [0.15, 0.2) is 77.3 Å². The Bertz CT molecular complexity index is 1190. The maximum absolute atomic E-state index is 12.5. The highest BCUT2D eigenvalue weighted by molar-refractivity contribution is 5.92. The summed E-state index contributed by atoms with van der Waals surface area (Å²) in [4.78, 5) is 16.9. The SMILES string of the molecule is COc1ccc(-c2cc(NC(=O)CCc3nc(-c4ccccc4)no3)ccc2OC)cc1. The van der Waals surface area contributed by atoms with Crippen LogP contribution in [-0.2, 0) is 11.2 Å². The summed E-state index contributed by atoms with van der Waals surface area (Å²) in [6.07, 6.45) is 0.577. The summed E-state index contributed by atoms with van der Waals surface area (Å²) in [5.41, 5.74) is 3.38. The first-order chi connectivity index (χ1) is 15.7. The number of nitrogens with one attached hydrogen (secondary N) is 1. The highest BCUT2D eigenvalue weighted by Gasteiger charge is 2.12. The maximum Gasteiger partial charge on any atom is 0.227 e. The molecule has 0 saturated carbocycles. The fraction of sp³-hybridized carbons (Fsp3) is 0.160. The molecule has 0 unspecified atom stereocenters. The van der Waals surface area contributed by atoms with Gasteiger partial charge in [0.25, 0.3) is 0 Å². The number of carbonyl (C=O) groups excluding carboxylic acids is 1. The van der Waals surface area contributed by atoms with Gasteiger partial charge in [0, 0.05) is 29.7 Å². The molecule has 1 amide bonds. The summed E-state index contributed by atoms with van der Waals surface area (Å²) in [6.45, 7) is 0. The number of benzene rings is 3. The minimum atomic E-state index is -0.143. The number of aromatic nitrogens is 2. The maximum atomic E-state index is 12.5.